The highest BCUT2D eigenvalue weighted by Gasteiger charge is 2.42. The number of rotatable bonds is 5. The van der Waals surface area contributed by atoms with Crippen LogP contribution in [0, 0.1) is 17.3 Å². The Morgan fingerprint density at radius 3 is 2.30 bits per heavy atom. The normalized spacial score (nSPS) is 30.0. The Balaban J connectivity index is 2.85. The van der Waals surface area contributed by atoms with Gasteiger partial charge >= 0.3 is 0 Å². The maximum absolute atomic E-state index is 6.27. The van der Waals surface area contributed by atoms with Crippen molar-refractivity contribution in [1.82, 2.24) is 4.90 Å². The van der Waals surface area contributed by atoms with E-state index in [-0.39, 0.29) is 5.54 Å². The summed E-state index contributed by atoms with van der Waals surface area (Å²) in [6, 6.07) is 0.559. The van der Waals surface area contributed by atoms with Gasteiger partial charge in [-0.3, -0.25) is 4.90 Å². The van der Waals surface area contributed by atoms with E-state index in [0.29, 0.717) is 11.5 Å². The van der Waals surface area contributed by atoms with E-state index in [4.69, 9.17) is 5.73 Å². The second kappa shape index (κ2) is 6.79. The van der Waals surface area contributed by atoms with Crippen LogP contribution in [0.3, 0.4) is 0 Å². The van der Waals surface area contributed by atoms with Crippen LogP contribution in [-0.2, 0) is 0 Å². The largest absolute Gasteiger partial charge is 0.329 e. The minimum atomic E-state index is 0.227. The molecule has 3 atom stereocenters. The van der Waals surface area contributed by atoms with Gasteiger partial charge in [-0.1, -0.05) is 47.5 Å². The van der Waals surface area contributed by atoms with E-state index in [1.54, 1.807) is 0 Å². The summed E-state index contributed by atoms with van der Waals surface area (Å²) in [6.07, 6.45) is 6.67. The first kappa shape index (κ1) is 18.0. The highest BCUT2D eigenvalue weighted by molar-refractivity contribution is 4.99. The van der Waals surface area contributed by atoms with Crippen LogP contribution < -0.4 is 5.73 Å². The minimum Gasteiger partial charge on any atom is -0.329 e. The van der Waals surface area contributed by atoms with Crippen LogP contribution in [0.1, 0.15) is 73.6 Å². The van der Waals surface area contributed by atoms with Crippen LogP contribution in [0.25, 0.3) is 0 Å². The number of hydrogen-bond acceptors (Lipinski definition) is 2. The summed E-state index contributed by atoms with van der Waals surface area (Å²) in [5, 5.41) is 0. The zero-order chi connectivity index (χ0) is 15.6. The average molecular weight is 283 g/mol. The van der Waals surface area contributed by atoms with E-state index < -0.39 is 0 Å². The van der Waals surface area contributed by atoms with Crippen molar-refractivity contribution >= 4 is 0 Å². The standard InChI is InChI=1S/C18H38N2/c1-14(2)11-16-9-8-10-18(12-16,13-19)20(7)15(3)17(4,5)6/h14-16H,8-13,19H2,1-7H3. The molecule has 1 fully saturated rings. The Kier molecular flexibility index (Phi) is 6.10. The molecule has 0 aromatic heterocycles. The van der Waals surface area contributed by atoms with E-state index in [1.807, 2.05) is 0 Å². The molecule has 0 radical (unpaired) electrons. The molecule has 1 rings (SSSR count). The third-order valence-electron chi connectivity index (χ3n) is 5.69. The van der Waals surface area contributed by atoms with E-state index in [0.717, 1.165) is 18.4 Å². The first-order valence-electron chi connectivity index (χ1n) is 8.55. The molecule has 2 N–H and O–H groups in total. The number of nitrogens with zero attached hydrogens (tertiary/aromatic N) is 1. The summed E-state index contributed by atoms with van der Waals surface area (Å²) in [6.45, 7) is 14.9. The average Bonchev–Trinajstić information content (AvgIpc) is 2.35. The van der Waals surface area contributed by atoms with Crippen LogP contribution in [0.5, 0.6) is 0 Å². The van der Waals surface area contributed by atoms with E-state index in [9.17, 15) is 0 Å². The van der Waals surface area contributed by atoms with Crippen molar-refractivity contribution in [2.24, 2.45) is 23.0 Å². The van der Waals surface area contributed by atoms with Crippen molar-refractivity contribution in [1.29, 1.82) is 0 Å². The number of likely N-dealkylation sites (N-methyl/N-ethyl adjacent to an activating group) is 1. The Morgan fingerprint density at radius 2 is 1.85 bits per heavy atom. The SMILES string of the molecule is CC(C)CC1CCCC(CN)(N(C)C(C)C(C)(C)C)C1. The summed E-state index contributed by atoms with van der Waals surface area (Å²) in [5.74, 6) is 1.67. The van der Waals surface area contributed by atoms with Crippen LogP contribution in [0.4, 0.5) is 0 Å². The molecule has 1 saturated carbocycles. The van der Waals surface area contributed by atoms with Crippen molar-refractivity contribution in [3.05, 3.63) is 0 Å². The van der Waals surface area contributed by atoms with Gasteiger partial charge in [-0.2, -0.15) is 0 Å². The van der Waals surface area contributed by atoms with Gasteiger partial charge in [0.15, 0.2) is 0 Å². The van der Waals surface area contributed by atoms with Crippen LogP contribution >= 0.6 is 0 Å². The molecular weight excluding hydrogens is 244 g/mol. The molecule has 0 amide bonds. The van der Waals surface area contributed by atoms with Gasteiger partial charge in [-0.25, -0.2) is 0 Å². The third-order valence-corrected chi connectivity index (χ3v) is 5.69. The lowest BCUT2D eigenvalue weighted by Gasteiger charge is -2.52. The fourth-order valence-corrected chi connectivity index (χ4v) is 3.97. The Labute approximate surface area is 127 Å². The Morgan fingerprint density at radius 1 is 1.25 bits per heavy atom. The molecule has 2 heteroatoms. The summed E-state index contributed by atoms with van der Waals surface area (Å²) in [4.78, 5) is 2.61. The van der Waals surface area contributed by atoms with Gasteiger partial charge in [0, 0.05) is 18.1 Å². The topological polar surface area (TPSA) is 29.3 Å². The second-order valence-corrected chi connectivity index (χ2v) is 8.67. The zero-order valence-corrected chi connectivity index (χ0v) is 15.0. The van der Waals surface area contributed by atoms with Gasteiger partial charge in [0.2, 0.25) is 0 Å². The molecule has 0 aliphatic heterocycles. The van der Waals surface area contributed by atoms with Gasteiger partial charge in [-0.15, -0.1) is 0 Å². The molecule has 1 aliphatic rings. The molecule has 1 aliphatic carbocycles. The fourth-order valence-electron chi connectivity index (χ4n) is 3.97. The molecule has 120 valence electrons. The van der Waals surface area contributed by atoms with Gasteiger partial charge in [0.1, 0.15) is 0 Å². The summed E-state index contributed by atoms with van der Waals surface area (Å²) in [5.41, 5.74) is 6.81. The minimum absolute atomic E-state index is 0.227. The van der Waals surface area contributed by atoms with Crippen LogP contribution in [0.15, 0.2) is 0 Å². The van der Waals surface area contributed by atoms with Crippen molar-refractivity contribution in [3.8, 4) is 0 Å². The van der Waals surface area contributed by atoms with E-state index in [2.05, 4.69) is 53.5 Å². The van der Waals surface area contributed by atoms with Gasteiger partial charge in [0.25, 0.3) is 0 Å². The van der Waals surface area contributed by atoms with Crippen molar-refractivity contribution in [2.75, 3.05) is 13.6 Å². The molecule has 3 unspecified atom stereocenters. The molecule has 0 aromatic carbocycles. The first-order chi connectivity index (χ1) is 9.12. The molecular formula is C18H38N2. The van der Waals surface area contributed by atoms with Crippen LogP contribution in [-0.4, -0.2) is 30.1 Å². The second-order valence-electron chi connectivity index (χ2n) is 8.67. The molecule has 0 bridgehead atoms. The van der Waals surface area contributed by atoms with Crippen molar-refractivity contribution in [3.63, 3.8) is 0 Å². The maximum atomic E-state index is 6.27. The van der Waals surface area contributed by atoms with E-state index in [1.165, 1.54) is 32.1 Å². The highest BCUT2D eigenvalue weighted by Crippen LogP contribution is 2.41. The lowest BCUT2D eigenvalue weighted by molar-refractivity contribution is -0.00914. The summed E-state index contributed by atoms with van der Waals surface area (Å²) >= 11 is 0. The van der Waals surface area contributed by atoms with Gasteiger partial charge < -0.3 is 5.73 Å². The first-order valence-corrected chi connectivity index (χ1v) is 8.55. The van der Waals surface area contributed by atoms with Crippen molar-refractivity contribution in [2.45, 2.75) is 85.2 Å². The molecule has 0 spiro atoms. The quantitative estimate of drug-likeness (QED) is 0.815. The predicted molar refractivity (Wildman–Crippen MR) is 89.9 cm³/mol. The molecule has 2 nitrogen and oxygen atoms in total. The third kappa shape index (κ3) is 4.21. The number of nitrogens with two attached hydrogens (primary N) is 1. The summed E-state index contributed by atoms with van der Waals surface area (Å²) in [7, 11) is 2.31. The van der Waals surface area contributed by atoms with Gasteiger partial charge in [0.05, 0.1) is 0 Å². The predicted octanol–water partition coefficient (Wildman–Crippen LogP) is 4.29. The smallest absolute Gasteiger partial charge is 0.0334 e. The molecule has 0 saturated heterocycles. The lowest BCUT2D eigenvalue weighted by atomic mass is 9.71. The van der Waals surface area contributed by atoms with Crippen molar-refractivity contribution < 1.29 is 0 Å². The number of hydrogen-bond donors (Lipinski definition) is 1. The van der Waals surface area contributed by atoms with E-state index >= 15 is 0 Å². The van der Waals surface area contributed by atoms with Crippen LogP contribution in [0.2, 0.25) is 0 Å². The van der Waals surface area contributed by atoms with Gasteiger partial charge in [-0.05, 0) is 50.5 Å². The Hall–Kier alpha value is -0.0800. The monoisotopic (exact) mass is 282 g/mol. The lowest BCUT2D eigenvalue weighted by Crippen LogP contribution is -2.60. The molecule has 20 heavy (non-hydrogen) atoms. The maximum Gasteiger partial charge on any atom is 0.0334 e. The highest BCUT2D eigenvalue weighted by atomic mass is 15.2. The fraction of sp³-hybridized carbons (Fsp3) is 1.00. The summed E-state index contributed by atoms with van der Waals surface area (Å²) < 4.78 is 0. The zero-order valence-electron chi connectivity index (χ0n) is 15.0. The Bertz CT molecular complexity index is 292. The molecule has 0 aromatic rings. The molecule has 0 heterocycles.